The molecule has 4 rings (SSSR count). The van der Waals surface area contributed by atoms with E-state index < -0.39 is 0 Å². The van der Waals surface area contributed by atoms with Crippen LogP contribution in [-0.4, -0.2) is 35.0 Å². The number of carbonyl (C=O) groups excluding carboxylic acids is 1. The molecule has 29 heavy (non-hydrogen) atoms. The molecule has 1 atom stereocenters. The van der Waals surface area contributed by atoms with Crippen LogP contribution in [-0.2, 0) is 11.3 Å². The van der Waals surface area contributed by atoms with Crippen molar-refractivity contribution in [2.45, 2.75) is 51.1 Å². The summed E-state index contributed by atoms with van der Waals surface area (Å²) in [5.74, 6) is 2.07. The molecule has 0 spiro atoms. The van der Waals surface area contributed by atoms with Gasteiger partial charge in [0.15, 0.2) is 0 Å². The van der Waals surface area contributed by atoms with Gasteiger partial charge in [-0.15, -0.1) is 0 Å². The van der Waals surface area contributed by atoms with Crippen molar-refractivity contribution in [3.63, 3.8) is 0 Å². The zero-order valence-electron chi connectivity index (χ0n) is 16.6. The molecule has 6 nitrogen and oxygen atoms in total. The summed E-state index contributed by atoms with van der Waals surface area (Å²) >= 11 is 0. The molecule has 1 aromatic carbocycles. The Morgan fingerprint density at radius 3 is 2.93 bits per heavy atom. The fraction of sp³-hybridized carbons (Fsp3) is 0.500. The number of piperidine rings is 1. The molecule has 2 aliphatic rings. The first-order valence-corrected chi connectivity index (χ1v) is 10.5. The van der Waals surface area contributed by atoms with E-state index in [1.165, 1.54) is 25.0 Å². The standard InChI is InChI=1S/C22H28FN5O/c23-18-5-1-3-17(11-18)13-24-22(29)9-6-16-4-2-10-28(14-16)21-12-20(25-15-26-21)27-19-7-8-19/h1,3,5,11-12,15-16,19H,2,4,6-10,13-14H2,(H,24,29)(H,25,26,27)/t16-/m0/s1. The number of amides is 1. The summed E-state index contributed by atoms with van der Waals surface area (Å²) in [7, 11) is 0. The third-order valence-electron chi connectivity index (χ3n) is 5.58. The average molecular weight is 397 g/mol. The van der Waals surface area contributed by atoms with Gasteiger partial charge in [-0.3, -0.25) is 4.79 Å². The minimum atomic E-state index is -0.278. The molecule has 1 saturated carbocycles. The van der Waals surface area contributed by atoms with Gasteiger partial charge in [0, 0.05) is 38.2 Å². The zero-order chi connectivity index (χ0) is 20.1. The van der Waals surface area contributed by atoms with Crippen molar-refractivity contribution >= 4 is 17.5 Å². The lowest BCUT2D eigenvalue weighted by molar-refractivity contribution is -0.121. The second kappa shape index (κ2) is 9.20. The molecular weight excluding hydrogens is 369 g/mol. The molecule has 1 amide bonds. The van der Waals surface area contributed by atoms with E-state index in [0.29, 0.717) is 24.9 Å². The van der Waals surface area contributed by atoms with Crippen LogP contribution in [0.15, 0.2) is 36.7 Å². The Bertz CT molecular complexity index is 841. The molecule has 0 unspecified atom stereocenters. The second-order valence-electron chi connectivity index (χ2n) is 8.08. The van der Waals surface area contributed by atoms with Gasteiger partial charge in [0.2, 0.25) is 5.91 Å². The quantitative estimate of drug-likeness (QED) is 0.713. The van der Waals surface area contributed by atoms with E-state index in [1.807, 2.05) is 12.1 Å². The molecule has 2 heterocycles. The number of nitrogens with one attached hydrogen (secondary N) is 2. The Morgan fingerprint density at radius 1 is 1.21 bits per heavy atom. The topological polar surface area (TPSA) is 70.2 Å². The molecule has 154 valence electrons. The second-order valence-corrected chi connectivity index (χ2v) is 8.08. The predicted molar refractivity (Wildman–Crippen MR) is 111 cm³/mol. The highest BCUT2D eigenvalue weighted by Crippen LogP contribution is 2.27. The van der Waals surface area contributed by atoms with Gasteiger partial charge in [0.25, 0.3) is 0 Å². The fourth-order valence-electron chi connectivity index (χ4n) is 3.82. The Kier molecular flexibility index (Phi) is 6.22. The van der Waals surface area contributed by atoms with Crippen molar-refractivity contribution in [3.8, 4) is 0 Å². The van der Waals surface area contributed by atoms with Crippen molar-refractivity contribution in [3.05, 3.63) is 48.0 Å². The largest absolute Gasteiger partial charge is 0.367 e. The summed E-state index contributed by atoms with van der Waals surface area (Å²) in [5, 5.41) is 6.32. The van der Waals surface area contributed by atoms with Crippen LogP contribution in [0.2, 0.25) is 0 Å². The highest BCUT2D eigenvalue weighted by molar-refractivity contribution is 5.75. The average Bonchev–Trinajstić information content (AvgIpc) is 3.55. The van der Waals surface area contributed by atoms with Gasteiger partial charge in [0.1, 0.15) is 23.8 Å². The number of anilines is 2. The first-order valence-electron chi connectivity index (χ1n) is 10.5. The number of carbonyl (C=O) groups is 1. The van der Waals surface area contributed by atoms with Crippen molar-refractivity contribution < 1.29 is 9.18 Å². The highest BCUT2D eigenvalue weighted by atomic mass is 19.1. The van der Waals surface area contributed by atoms with E-state index >= 15 is 0 Å². The lowest BCUT2D eigenvalue weighted by Gasteiger charge is -2.33. The molecule has 1 aromatic heterocycles. The molecular formula is C22H28FN5O. The van der Waals surface area contributed by atoms with Gasteiger partial charge < -0.3 is 15.5 Å². The number of halogens is 1. The van der Waals surface area contributed by atoms with Crippen LogP contribution < -0.4 is 15.5 Å². The third kappa shape index (κ3) is 5.89. The molecule has 1 saturated heterocycles. The molecule has 7 heteroatoms. The molecule has 1 aliphatic carbocycles. The molecule has 0 bridgehead atoms. The Morgan fingerprint density at radius 2 is 2.10 bits per heavy atom. The first kappa shape index (κ1) is 19.6. The summed E-state index contributed by atoms with van der Waals surface area (Å²) in [4.78, 5) is 23.3. The van der Waals surface area contributed by atoms with Crippen LogP contribution in [0.25, 0.3) is 0 Å². The van der Waals surface area contributed by atoms with Crippen LogP contribution >= 0.6 is 0 Å². The molecule has 0 radical (unpaired) electrons. The Balaban J connectivity index is 1.24. The summed E-state index contributed by atoms with van der Waals surface area (Å²) < 4.78 is 13.2. The predicted octanol–water partition coefficient (Wildman–Crippen LogP) is 3.50. The third-order valence-corrected chi connectivity index (χ3v) is 5.58. The van der Waals surface area contributed by atoms with E-state index in [4.69, 9.17) is 0 Å². The molecule has 2 N–H and O–H groups in total. The van der Waals surface area contributed by atoms with Crippen molar-refractivity contribution in [1.82, 2.24) is 15.3 Å². The monoisotopic (exact) mass is 397 g/mol. The van der Waals surface area contributed by atoms with Gasteiger partial charge >= 0.3 is 0 Å². The van der Waals surface area contributed by atoms with E-state index in [0.717, 1.165) is 49.6 Å². The minimum absolute atomic E-state index is 0.0179. The Labute approximate surface area is 170 Å². The molecule has 2 fully saturated rings. The number of hydrogen-bond donors (Lipinski definition) is 2. The van der Waals surface area contributed by atoms with Crippen molar-refractivity contribution in [1.29, 1.82) is 0 Å². The smallest absolute Gasteiger partial charge is 0.220 e. The van der Waals surface area contributed by atoms with Gasteiger partial charge in [-0.2, -0.15) is 0 Å². The fourth-order valence-corrected chi connectivity index (χ4v) is 3.82. The number of nitrogens with zero attached hydrogens (tertiary/aromatic N) is 3. The number of benzene rings is 1. The summed E-state index contributed by atoms with van der Waals surface area (Å²) in [6, 6.07) is 8.93. The van der Waals surface area contributed by atoms with Crippen LogP contribution in [0, 0.1) is 11.7 Å². The minimum Gasteiger partial charge on any atom is -0.367 e. The number of rotatable bonds is 8. The lowest BCUT2D eigenvalue weighted by Crippen LogP contribution is -2.36. The van der Waals surface area contributed by atoms with Gasteiger partial charge in [-0.1, -0.05) is 12.1 Å². The number of aromatic nitrogens is 2. The highest BCUT2D eigenvalue weighted by Gasteiger charge is 2.24. The first-order chi connectivity index (χ1) is 14.2. The Hall–Kier alpha value is -2.70. The van der Waals surface area contributed by atoms with Gasteiger partial charge in [-0.25, -0.2) is 14.4 Å². The van der Waals surface area contributed by atoms with Gasteiger partial charge in [-0.05, 0) is 55.7 Å². The number of hydrogen-bond acceptors (Lipinski definition) is 5. The van der Waals surface area contributed by atoms with Crippen molar-refractivity contribution in [2.24, 2.45) is 5.92 Å². The maximum absolute atomic E-state index is 13.2. The molecule has 2 aromatic rings. The van der Waals surface area contributed by atoms with Crippen LogP contribution in [0.5, 0.6) is 0 Å². The van der Waals surface area contributed by atoms with E-state index in [9.17, 15) is 9.18 Å². The maximum atomic E-state index is 13.2. The van der Waals surface area contributed by atoms with E-state index in [1.54, 1.807) is 12.4 Å². The summed E-state index contributed by atoms with van der Waals surface area (Å²) in [5.41, 5.74) is 0.779. The van der Waals surface area contributed by atoms with Gasteiger partial charge in [0.05, 0.1) is 0 Å². The van der Waals surface area contributed by atoms with Crippen molar-refractivity contribution in [2.75, 3.05) is 23.3 Å². The van der Waals surface area contributed by atoms with Crippen LogP contribution in [0.3, 0.4) is 0 Å². The lowest BCUT2D eigenvalue weighted by atomic mass is 9.93. The summed E-state index contributed by atoms with van der Waals surface area (Å²) in [6.07, 6.45) is 7.63. The normalized spacial score (nSPS) is 19.1. The summed E-state index contributed by atoms with van der Waals surface area (Å²) in [6.45, 7) is 2.27. The van der Waals surface area contributed by atoms with Crippen LogP contribution in [0.1, 0.15) is 44.1 Å². The van der Waals surface area contributed by atoms with E-state index in [-0.39, 0.29) is 11.7 Å². The van der Waals surface area contributed by atoms with Crippen LogP contribution in [0.4, 0.5) is 16.0 Å². The molecule has 1 aliphatic heterocycles. The maximum Gasteiger partial charge on any atom is 0.220 e. The zero-order valence-corrected chi connectivity index (χ0v) is 16.6. The van der Waals surface area contributed by atoms with E-state index in [2.05, 4.69) is 25.5 Å². The SMILES string of the molecule is O=C(CC[C@@H]1CCCN(c2cc(NC3CC3)ncn2)C1)NCc1cccc(F)c1.